The van der Waals surface area contributed by atoms with Crippen LogP contribution in [-0.4, -0.2) is 40.8 Å². The molecule has 3 heterocycles. The average molecular weight is 425 g/mol. The summed E-state index contributed by atoms with van der Waals surface area (Å²) in [5.74, 6) is 3.07. The standard InChI is InChI=1S/C21H21ClN6O2/c22-16-6-7-17-15(10-16)11-27(21(29)30)12-18-25-26-20(28(17)18)14-4-2-13(3-5-14)19-23-8-1-9-24-19/h1,6-10,13-14H,2-5,11-12H2,(H,29,30)/t13-,14-. The minimum absolute atomic E-state index is 0.196. The molecule has 3 aromatic rings. The smallest absolute Gasteiger partial charge is 0.408 e. The van der Waals surface area contributed by atoms with Crippen LogP contribution in [0.5, 0.6) is 0 Å². The van der Waals surface area contributed by atoms with Crippen LogP contribution >= 0.6 is 11.6 Å². The number of benzene rings is 1. The van der Waals surface area contributed by atoms with Gasteiger partial charge in [-0.05, 0) is 55.5 Å². The van der Waals surface area contributed by atoms with Gasteiger partial charge in [0.15, 0.2) is 5.82 Å². The highest BCUT2D eigenvalue weighted by atomic mass is 35.5. The molecular weight excluding hydrogens is 404 g/mol. The van der Waals surface area contributed by atoms with Gasteiger partial charge in [0.25, 0.3) is 0 Å². The van der Waals surface area contributed by atoms with Crippen LogP contribution in [0, 0.1) is 0 Å². The second-order valence-electron chi connectivity index (χ2n) is 7.88. The van der Waals surface area contributed by atoms with Gasteiger partial charge in [-0.25, -0.2) is 14.8 Å². The quantitative estimate of drug-likeness (QED) is 0.663. The predicted molar refractivity (Wildman–Crippen MR) is 110 cm³/mol. The molecule has 0 saturated heterocycles. The van der Waals surface area contributed by atoms with Crippen molar-refractivity contribution < 1.29 is 9.90 Å². The lowest BCUT2D eigenvalue weighted by molar-refractivity contribution is 0.139. The van der Waals surface area contributed by atoms with E-state index < -0.39 is 6.09 Å². The van der Waals surface area contributed by atoms with Gasteiger partial charge in [0.2, 0.25) is 0 Å². The molecule has 2 aromatic heterocycles. The Morgan fingerprint density at radius 1 is 1.03 bits per heavy atom. The van der Waals surface area contributed by atoms with Gasteiger partial charge in [0.05, 0.1) is 18.8 Å². The third-order valence-corrected chi connectivity index (χ3v) is 6.28. The summed E-state index contributed by atoms with van der Waals surface area (Å²) in [7, 11) is 0. The molecule has 1 amide bonds. The molecule has 1 aliphatic carbocycles. The molecule has 0 atom stereocenters. The average Bonchev–Trinajstić information content (AvgIpc) is 3.10. The van der Waals surface area contributed by atoms with Crippen LogP contribution in [0.4, 0.5) is 4.79 Å². The molecule has 0 radical (unpaired) electrons. The number of carboxylic acid groups (broad SMARTS) is 1. The summed E-state index contributed by atoms with van der Waals surface area (Å²) in [6.07, 6.45) is 6.52. The Morgan fingerprint density at radius 3 is 2.50 bits per heavy atom. The summed E-state index contributed by atoms with van der Waals surface area (Å²) >= 11 is 6.20. The molecule has 2 aliphatic rings. The lowest BCUT2D eigenvalue weighted by Gasteiger charge is -2.27. The minimum Gasteiger partial charge on any atom is -0.465 e. The molecule has 154 valence electrons. The van der Waals surface area contributed by atoms with Crippen molar-refractivity contribution in [3.63, 3.8) is 0 Å². The molecule has 1 N–H and O–H groups in total. The van der Waals surface area contributed by atoms with E-state index in [9.17, 15) is 9.90 Å². The normalized spacial score (nSPS) is 20.9. The van der Waals surface area contributed by atoms with Crippen molar-refractivity contribution in [2.45, 2.75) is 50.6 Å². The van der Waals surface area contributed by atoms with Gasteiger partial charge in [0.1, 0.15) is 11.6 Å². The number of nitrogens with zero attached hydrogens (tertiary/aromatic N) is 6. The zero-order chi connectivity index (χ0) is 20.7. The minimum atomic E-state index is -0.984. The number of amides is 1. The SMILES string of the molecule is O=C(O)N1Cc2cc(Cl)ccc2-n2c(nnc2[C@H]2CC[C@H](c3ncccn3)CC2)C1. The van der Waals surface area contributed by atoms with E-state index in [4.69, 9.17) is 11.6 Å². The van der Waals surface area contributed by atoms with Gasteiger partial charge in [-0.15, -0.1) is 10.2 Å². The Bertz CT molecular complexity index is 1080. The van der Waals surface area contributed by atoms with Crippen LogP contribution in [0.25, 0.3) is 5.69 Å². The Balaban J connectivity index is 1.47. The van der Waals surface area contributed by atoms with E-state index in [0.717, 1.165) is 48.6 Å². The maximum Gasteiger partial charge on any atom is 0.408 e. The fraction of sp³-hybridized carbons (Fsp3) is 0.381. The summed E-state index contributed by atoms with van der Waals surface area (Å²) in [5.41, 5.74) is 1.77. The number of hydrogen-bond acceptors (Lipinski definition) is 5. The van der Waals surface area contributed by atoms with Crippen molar-refractivity contribution in [1.82, 2.24) is 29.6 Å². The van der Waals surface area contributed by atoms with E-state index in [0.29, 0.717) is 16.8 Å². The first-order valence-electron chi connectivity index (χ1n) is 10.1. The number of halogens is 1. The molecule has 1 aromatic carbocycles. The lowest BCUT2D eigenvalue weighted by Crippen LogP contribution is -2.27. The highest BCUT2D eigenvalue weighted by molar-refractivity contribution is 6.30. The maximum absolute atomic E-state index is 11.7. The number of hydrogen-bond donors (Lipinski definition) is 1. The molecule has 0 spiro atoms. The first kappa shape index (κ1) is 19.0. The van der Waals surface area contributed by atoms with E-state index in [1.807, 2.05) is 28.8 Å². The van der Waals surface area contributed by atoms with Crippen molar-refractivity contribution in [3.05, 3.63) is 64.7 Å². The Labute approximate surface area is 178 Å². The highest BCUT2D eigenvalue weighted by Gasteiger charge is 2.32. The zero-order valence-corrected chi connectivity index (χ0v) is 17.0. The first-order valence-corrected chi connectivity index (χ1v) is 10.5. The van der Waals surface area contributed by atoms with Crippen LogP contribution in [0.3, 0.4) is 0 Å². The number of carbonyl (C=O) groups is 1. The lowest BCUT2D eigenvalue weighted by atomic mass is 9.81. The summed E-state index contributed by atoms with van der Waals surface area (Å²) in [5, 5.41) is 19.1. The van der Waals surface area contributed by atoms with E-state index in [1.54, 1.807) is 12.4 Å². The van der Waals surface area contributed by atoms with Gasteiger partial charge < -0.3 is 5.11 Å². The summed E-state index contributed by atoms with van der Waals surface area (Å²) < 4.78 is 2.04. The zero-order valence-electron chi connectivity index (χ0n) is 16.3. The third-order valence-electron chi connectivity index (χ3n) is 6.04. The highest BCUT2D eigenvalue weighted by Crippen LogP contribution is 2.40. The first-order chi connectivity index (χ1) is 14.6. The summed E-state index contributed by atoms with van der Waals surface area (Å²) in [6, 6.07) is 7.43. The fourth-order valence-electron chi connectivity index (χ4n) is 4.56. The predicted octanol–water partition coefficient (Wildman–Crippen LogP) is 4.15. The van der Waals surface area contributed by atoms with E-state index in [2.05, 4.69) is 20.2 Å². The van der Waals surface area contributed by atoms with E-state index >= 15 is 0 Å². The van der Waals surface area contributed by atoms with Crippen LogP contribution in [-0.2, 0) is 13.1 Å². The molecule has 8 nitrogen and oxygen atoms in total. The fourth-order valence-corrected chi connectivity index (χ4v) is 4.75. The maximum atomic E-state index is 11.7. The molecule has 0 unspecified atom stereocenters. The third kappa shape index (κ3) is 3.41. The van der Waals surface area contributed by atoms with Crippen LogP contribution < -0.4 is 0 Å². The molecule has 9 heteroatoms. The molecule has 1 fully saturated rings. The topological polar surface area (TPSA) is 97.0 Å². The molecule has 1 aliphatic heterocycles. The molecule has 0 bridgehead atoms. The van der Waals surface area contributed by atoms with Crippen molar-refractivity contribution >= 4 is 17.7 Å². The molecule has 5 rings (SSSR count). The van der Waals surface area contributed by atoms with E-state index in [1.165, 1.54) is 4.90 Å². The number of fused-ring (bicyclic) bond motifs is 3. The second-order valence-corrected chi connectivity index (χ2v) is 8.31. The molecular formula is C21H21ClN6O2. The van der Waals surface area contributed by atoms with E-state index in [-0.39, 0.29) is 19.0 Å². The van der Waals surface area contributed by atoms with Gasteiger partial charge >= 0.3 is 6.09 Å². The van der Waals surface area contributed by atoms with Crippen LogP contribution in [0.15, 0.2) is 36.7 Å². The van der Waals surface area contributed by atoms with Gasteiger partial charge in [-0.2, -0.15) is 0 Å². The van der Waals surface area contributed by atoms with Crippen molar-refractivity contribution in [2.75, 3.05) is 0 Å². The Hall–Kier alpha value is -3.00. The van der Waals surface area contributed by atoms with Crippen molar-refractivity contribution in [1.29, 1.82) is 0 Å². The number of aromatic nitrogens is 5. The summed E-state index contributed by atoms with van der Waals surface area (Å²) in [6.45, 7) is 0.466. The largest absolute Gasteiger partial charge is 0.465 e. The second kappa shape index (κ2) is 7.68. The van der Waals surface area contributed by atoms with Crippen molar-refractivity contribution in [3.8, 4) is 5.69 Å². The molecule has 1 saturated carbocycles. The Kier molecular flexibility index (Phi) is 4.86. The van der Waals surface area contributed by atoms with Gasteiger partial charge in [-0.1, -0.05) is 11.6 Å². The Morgan fingerprint density at radius 2 is 1.77 bits per heavy atom. The summed E-state index contributed by atoms with van der Waals surface area (Å²) in [4.78, 5) is 21.9. The molecule has 30 heavy (non-hydrogen) atoms. The van der Waals surface area contributed by atoms with Crippen LogP contribution in [0.1, 0.15) is 60.6 Å². The van der Waals surface area contributed by atoms with Gasteiger partial charge in [-0.3, -0.25) is 9.47 Å². The van der Waals surface area contributed by atoms with Gasteiger partial charge in [0, 0.05) is 29.3 Å². The van der Waals surface area contributed by atoms with Crippen LogP contribution in [0.2, 0.25) is 5.02 Å². The monoisotopic (exact) mass is 424 g/mol. The van der Waals surface area contributed by atoms with Crippen molar-refractivity contribution in [2.24, 2.45) is 0 Å². The number of rotatable bonds is 2.